The van der Waals surface area contributed by atoms with Crippen LogP contribution in [-0.4, -0.2) is 42.2 Å². The molecule has 3 N–H and O–H groups in total. The number of amides is 1. The average molecular weight is 414 g/mol. The SMILES string of the molecule is NC(=O)C[C@H](c1ccc2c(c1)OCCO2)c1oc(CN2CCCCC2)cc(=O)c1O. The number of carbonyl (C=O) groups is 1. The predicted molar refractivity (Wildman–Crippen MR) is 109 cm³/mol. The number of hydrogen-bond donors (Lipinski definition) is 2. The minimum absolute atomic E-state index is 0.0463. The standard InChI is InChI=1S/C22H26N2O6/c23-20(26)12-16(14-4-5-18-19(10-14)29-9-8-28-18)22-21(27)17(25)11-15(30-22)13-24-6-2-1-3-7-24/h4-5,10-11,16,27H,1-3,6-9,12-13H2,(H2,23,26)/t16-/m1/s1. The fourth-order valence-electron chi connectivity index (χ4n) is 4.05. The highest BCUT2D eigenvalue weighted by atomic mass is 16.6. The molecule has 0 bridgehead atoms. The van der Waals surface area contributed by atoms with E-state index in [0.717, 1.165) is 25.9 Å². The van der Waals surface area contributed by atoms with E-state index >= 15 is 0 Å². The smallest absolute Gasteiger partial charge is 0.227 e. The molecule has 0 saturated carbocycles. The number of nitrogens with two attached hydrogens (primary N) is 1. The third kappa shape index (κ3) is 4.43. The zero-order chi connectivity index (χ0) is 21.1. The van der Waals surface area contributed by atoms with Gasteiger partial charge in [0.15, 0.2) is 17.3 Å². The third-order valence-corrected chi connectivity index (χ3v) is 5.52. The summed E-state index contributed by atoms with van der Waals surface area (Å²) in [6.45, 7) is 3.24. The molecule has 3 heterocycles. The molecule has 4 rings (SSSR count). The molecule has 1 amide bonds. The molecule has 30 heavy (non-hydrogen) atoms. The third-order valence-electron chi connectivity index (χ3n) is 5.52. The molecule has 2 aliphatic heterocycles. The highest BCUT2D eigenvalue weighted by Crippen LogP contribution is 2.38. The monoisotopic (exact) mass is 414 g/mol. The quantitative estimate of drug-likeness (QED) is 0.744. The van der Waals surface area contributed by atoms with Gasteiger partial charge in [0.1, 0.15) is 19.0 Å². The van der Waals surface area contributed by atoms with E-state index in [-0.39, 0.29) is 12.2 Å². The number of primary amides is 1. The Balaban J connectivity index is 1.71. The number of ether oxygens (including phenoxy) is 2. The maximum Gasteiger partial charge on any atom is 0.227 e. The van der Waals surface area contributed by atoms with Crippen molar-refractivity contribution >= 4 is 5.91 Å². The summed E-state index contributed by atoms with van der Waals surface area (Å²) < 4.78 is 17.2. The molecular weight excluding hydrogens is 388 g/mol. The van der Waals surface area contributed by atoms with Gasteiger partial charge in [-0.15, -0.1) is 0 Å². The molecule has 0 radical (unpaired) electrons. The summed E-state index contributed by atoms with van der Waals surface area (Å²) in [4.78, 5) is 26.5. The van der Waals surface area contributed by atoms with Crippen LogP contribution in [0.1, 0.15) is 48.7 Å². The zero-order valence-electron chi connectivity index (χ0n) is 16.8. The van der Waals surface area contributed by atoms with E-state index in [0.29, 0.717) is 42.6 Å². The van der Waals surface area contributed by atoms with Crippen LogP contribution in [0.3, 0.4) is 0 Å². The molecule has 1 saturated heterocycles. The summed E-state index contributed by atoms with van der Waals surface area (Å²) in [5.74, 6) is -0.136. The molecule has 2 aromatic rings. The molecule has 1 atom stereocenters. The van der Waals surface area contributed by atoms with E-state index in [1.165, 1.54) is 12.5 Å². The first kappa shape index (κ1) is 20.3. The number of likely N-dealkylation sites (tertiary alicyclic amines) is 1. The van der Waals surface area contributed by atoms with E-state index < -0.39 is 23.0 Å². The second-order valence-electron chi connectivity index (χ2n) is 7.75. The molecule has 1 aromatic carbocycles. The number of carbonyl (C=O) groups excluding carboxylic acids is 1. The van der Waals surface area contributed by atoms with E-state index in [2.05, 4.69) is 4.90 Å². The summed E-state index contributed by atoms with van der Waals surface area (Å²) in [5.41, 5.74) is 5.59. The van der Waals surface area contributed by atoms with Crippen molar-refractivity contribution in [1.82, 2.24) is 4.90 Å². The molecule has 0 aliphatic carbocycles. The Bertz CT molecular complexity index is 980. The van der Waals surface area contributed by atoms with Crippen molar-refractivity contribution in [3.8, 4) is 17.2 Å². The lowest BCUT2D eigenvalue weighted by molar-refractivity contribution is -0.118. The van der Waals surface area contributed by atoms with Gasteiger partial charge in [0.25, 0.3) is 0 Å². The molecule has 0 spiro atoms. The highest BCUT2D eigenvalue weighted by molar-refractivity contribution is 5.75. The summed E-state index contributed by atoms with van der Waals surface area (Å²) >= 11 is 0. The number of rotatable bonds is 6. The van der Waals surface area contributed by atoms with Crippen molar-refractivity contribution in [2.75, 3.05) is 26.3 Å². The van der Waals surface area contributed by atoms with Crippen LogP contribution in [-0.2, 0) is 11.3 Å². The van der Waals surface area contributed by atoms with Crippen LogP contribution in [0.15, 0.2) is 33.5 Å². The summed E-state index contributed by atoms with van der Waals surface area (Å²) in [6.07, 6.45) is 3.29. The topological polar surface area (TPSA) is 115 Å². The van der Waals surface area contributed by atoms with Crippen LogP contribution in [0.4, 0.5) is 0 Å². The van der Waals surface area contributed by atoms with Gasteiger partial charge in [0.2, 0.25) is 17.1 Å². The maximum absolute atomic E-state index is 12.5. The van der Waals surface area contributed by atoms with Gasteiger partial charge in [-0.2, -0.15) is 0 Å². The van der Waals surface area contributed by atoms with Gasteiger partial charge in [-0.25, -0.2) is 0 Å². The van der Waals surface area contributed by atoms with Gasteiger partial charge >= 0.3 is 0 Å². The molecule has 8 nitrogen and oxygen atoms in total. The number of piperidine rings is 1. The number of fused-ring (bicyclic) bond motifs is 1. The molecule has 1 fully saturated rings. The lowest BCUT2D eigenvalue weighted by atomic mass is 9.91. The fourth-order valence-corrected chi connectivity index (χ4v) is 4.05. The Hall–Kier alpha value is -3.00. The van der Waals surface area contributed by atoms with Crippen molar-refractivity contribution in [1.29, 1.82) is 0 Å². The van der Waals surface area contributed by atoms with Crippen molar-refractivity contribution < 1.29 is 23.8 Å². The normalized spacial score (nSPS) is 17.5. The van der Waals surface area contributed by atoms with Gasteiger partial charge < -0.3 is 24.7 Å². The van der Waals surface area contributed by atoms with Gasteiger partial charge in [-0.05, 0) is 43.6 Å². The second kappa shape index (κ2) is 8.79. The maximum atomic E-state index is 12.5. The van der Waals surface area contributed by atoms with Crippen molar-refractivity contribution in [3.63, 3.8) is 0 Å². The number of nitrogens with zero attached hydrogens (tertiary/aromatic N) is 1. The van der Waals surface area contributed by atoms with Crippen LogP contribution < -0.4 is 20.6 Å². The predicted octanol–water partition coefficient (Wildman–Crippen LogP) is 2.11. The first-order valence-electron chi connectivity index (χ1n) is 10.3. The van der Waals surface area contributed by atoms with E-state index in [4.69, 9.17) is 19.6 Å². The Kier molecular flexibility index (Phi) is 5.94. The Morgan fingerprint density at radius 1 is 1.10 bits per heavy atom. The first-order valence-corrected chi connectivity index (χ1v) is 10.3. The first-order chi connectivity index (χ1) is 14.5. The van der Waals surface area contributed by atoms with Crippen LogP contribution in [0.2, 0.25) is 0 Å². The largest absolute Gasteiger partial charge is 0.502 e. The van der Waals surface area contributed by atoms with Gasteiger partial charge in [-0.1, -0.05) is 12.5 Å². The number of hydrogen-bond acceptors (Lipinski definition) is 7. The van der Waals surface area contributed by atoms with Crippen molar-refractivity contribution in [3.05, 3.63) is 51.6 Å². The van der Waals surface area contributed by atoms with Gasteiger partial charge in [-0.3, -0.25) is 14.5 Å². The van der Waals surface area contributed by atoms with Crippen LogP contribution in [0.5, 0.6) is 17.2 Å². The Morgan fingerprint density at radius 2 is 1.83 bits per heavy atom. The Labute approximate surface area is 174 Å². The molecule has 160 valence electrons. The van der Waals surface area contributed by atoms with Crippen molar-refractivity contribution in [2.45, 2.75) is 38.1 Å². The molecule has 1 aromatic heterocycles. The highest BCUT2D eigenvalue weighted by Gasteiger charge is 2.27. The minimum atomic E-state index is -0.715. The Morgan fingerprint density at radius 3 is 2.57 bits per heavy atom. The molecule has 0 unspecified atom stereocenters. The number of benzene rings is 1. The van der Waals surface area contributed by atoms with Crippen LogP contribution in [0, 0.1) is 0 Å². The fraction of sp³-hybridized carbons (Fsp3) is 0.455. The summed E-state index contributed by atoms with van der Waals surface area (Å²) in [5, 5.41) is 10.5. The lowest BCUT2D eigenvalue weighted by Crippen LogP contribution is -2.29. The minimum Gasteiger partial charge on any atom is -0.502 e. The van der Waals surface area contributed by atoms with Crippen molar-refractivity contribution in [2.24, 2.45) is 5.73 Å². The molecule has 8 heteroatoms. The second-order valence-corrected chi connectivity index (χ2v) is 7.75. The van der Waals surface area contributed by atoms with Crippen LogP contribution in [0.25, 0.3) is 0 Å². The number of aromatic hydroxyl groups is 1. The lowest BCUT2D eigenvalue weighted by Gasteiger charge is -2.26. The van der Waals surface area contributed by atoms with Gasteiger partial charge in [0.05, 0.1) is 12.5 Å². The van der Waals surface area contributed by atoms with E-state index in [9.17, 15) is 14.7 Å². The average Bonchev–Trinajstić information content (AvgIpc) is 2.75. The van der Waals surface area contributed by atoms with Crippen LogP contribution >= 0.6 is 0 Å². The summed E-state index contributed by atoms with van der Waals surface area (Å²) in [7, 11) is 0. The molecule has 2 aliphatic rings. The van der Waals surface area contributed by atoms with Gasteiger partial charge in [0, 0.05) is 12.5 Å². The molecular formula is C22H26N2O6. The van der Waals surface area contributed by atoms with E-state index in [1.54, 1.807) is 18.2 Å². The summed E-state index contributed by atoms with van der Waals surface area (Å²) in [6, 6.07) is 6.56. The zero-order valence-corrected chi connectivity index (χ0v) is 16.8. The van der Waals surface area contributed by atoms with E-state index in [1.807, 2.05) is 0 Å².